The summed E-state index contributed by atoms with van der Waals surface area (Å²) < 4.78 is 0. The van der Waals surface area contributed by atoms with E-state index in [1.807, 2.05) is 11.8 Å². The van der Waals surface area contributed by atoms with E-state index in [4.69, 9.17) is 4.98 Å². The second kappa shape index (κ2) is 11.4. The Hall–Kier alpha value is -5.90. The van der Waals surface area contributed by atoms with Crippen LogP contribution in [0.4, 0.5) is 5.69 Å². The highest BCUT2D eigenvalue weighted by atomic mass is 32.2. The first-order valence-corrected chi connectivity index (χ1v) is 17.6. The van der Waals surface area contributed by atoms with E-state index >= 15 is 0 Å². The van der Waals surface area contributed by atoms with Crippen molar-refractivity contribution >= 4 is 60.7 Å². The van der Waals surface area contributed by atoms with Gasteiger partial charge in [-0.05, 0) is 79.7 Å². The third kappa shape index (κ3) is 4.77. The highest BCUT2D eigenvalue weighted by Gasteiger charge is 2.22. The average molecular weight is 643 g/mol. The highest BCUT2D eigenvalue weighted by molar-refractivity contribution is 8.00. The van der Waals surface area contributed by atoms with Gasteiger partial charge in [-0.2, -0.15) is 0 Å². The zero-order chi connectivity index (χ0) is 32.3. The number of nitrogens with zero attached hydrogens (tertiary/aromatic N) is 1. The molecule has 230 valence electrons. The normalized spacial score (nSPS) is 14.0. The number of anilines is 1. The van der Waals surface area contributed by atoms with Gasteiger partial charge in [0.1, 0.15) is 5.37 Å². The molecule has 0 aliphatic carbocycles. The predicted molar refractivity (Wildman–Crippen MR) is 209 cm³/mol. The van der Waals surface area contributed by atoms with Gasteiger partial charge in [-0.3, -0.25) is 0 Å². The highest BCUT2D eigenvalue weighted by Crippen LogP contribution is 2.46. The van der Waals surface area contributed by atoms with Gasteiger partial charge in [0.05, 0.1) is 11.2 Å². The minimum atomic E-state index is 0.224. The second-order valence-electron chi connectivity index (χ2n) is 12.8. The summed E-state index contributed by atoms with van der Waals surface area (Å²) >= 11 is 1.87. The molecule has 1 aliphatic heterocycles. The first-order chi connectivity index (χ1) is 24.3. The molecule has 1 atom stereocenters. The number of para-hydroxylation sites is 1. The molecule has 0 radical (unpaired) electrons. The molecule has 1 N–H and O–H groups in total. The van der Waals surface area contributed by atoms with Crippen molar-refractivity contribution < 1.29 is 0 Å². The van der Waals surface area contributed by atoms with Gasteiger partial charge in [0.2, 0.25) is 0 Å². The Morgan fingerprint density at radius 3 is 2.06 bits per heavy atom. The van der Waals surface area contributed by atoms with Crippen molar-refractivity contribution in [3.8, 4) is 33.5 Å². The van der Waals surface area contributed by atoms with Crippen molar-refractivity contribution in [3.05, 3.63) is 175 Å². The molecule has 0 bridgehead atoms. The van der Waals surface area contributed by atoms with E-state index in [0.29, 0.717) is 0 Å². The Labute approximate surface area is 289 Å². The maximum atomic E-state index is 5.39. The summed E-state index contributed by atoms with van der Waals surface area (Å²) in [7, 11) is 0. The van der Waals surface area contributed by atoms with Crippen LogP contribution in [0.3, 0.4) is 0 Å². The van der Waals surface area contributed by atoms with Crippen LogP contribution in [0.25, 0.3) is 76.7 Å². The third-order valence-electron chi connectivity index (χ3n) is 9.88. The van der Waals surface area contributed by atoms with Gasteiger partial charge in [-0.15, -0.1) is 0 Å². The first kappa shape index (κ1) is 28.1. The van der Waals surface area contributed by atoms with Crippen molar-refractivity contribution in [1.29, 1.82) is 0 Å². The van der Waals surface area contributed by atoms with Crippen LogP contribution in [-0.4, -0.2) is 4.98 Å². The minimum Gasteiger partial charge on any atom is -0.368 e. The lowest BCUT2D eigenvalue weighted by Crippen LogP contribution is -2.00. The number of pyridine rings is 1. The van der Waals surface area contributed by atoms with Crippen molar-refractivity contribution in [1.82, 2.24) is 4.98 Å². The molecule has 10 rings (SSSR count). The molecule has 0 saturated heterocycles. The number of aromatic nitrogens is 1. The van der Waals surface area contributed by atoms with E-state index in [1.165, 1.54) is 70.7 Å². The summed E-state index contributed by atoms with van der Waals surface area (Å²) in [5.41, 5.74) is 10.4. The number of nitrogens with one attached hydrogen (secondary N) is 1. The fraction of sp³-hybridized carbons (Fsp3) is 0.0217. The molecule has 1 unspecified atom stereocenters. The summed E-state index contributed by atoms with van der Waals surface area (Å²) in [6.07, 6.45) is 0. The van der Waals surface area contributed by atoms with Crippen molar-refractivity contribution in [2.24, 2.45) is 0 Å². The summed E-state index contributed by atoms with van der Waals surface area (Å²) in [6.45, 7) is 0. The zero-order valence-corrected chi connectivity index (χ0v) is 27.4. The number of benzene rings is 8. The molecule has 0 fully saturated rings. The summed E-state index contributed by atoms with van der Waals surface area (Å²) in [5, 5.41) is 12.5. The van der Waals surface area contributed by atoms with Gasteiger partial charge in [0, 0.05) is 32.3 Å². The van der Waals surface area contributed by atoms with Crippen LogP contribution in [0.5, 0.6) is 0 Å². The Morgan fingerprint density at radius 1 is 0.469 bits per heavy atom. The molecular formula is C46H30N2S. The quantitative estimate of drug-likeness (QED) is 0.193. The monoisotopic (exact) mass is 642 g/mol. The van der Waals surface area contributed by atoms with Gasteiger partial charge in [0.25, 0.3) is 0 Å². The van der Waals surface area contributed by atoms with Crippen LogP contribution in [0, 0.1) is 0 Å². The van der Waals surface area contributed by atoms with Crippen molar-refractivity contribution in [2.45, 2.75) is 10.3 Å². The molecule has 0 saturated carbocycles. The molecule has 1 aliphatic rings. The maximum absolute atomic E-state index is 5.39. The molecular weight excluding hydrogens is 613 g/mol. The summed E-state index contributed by atoms with van der Waals surface area (Å²) in [6, 6.07) is 61.5. The standard InChI is InChI=1S/C46H30N2S/c1-3-14-36-30(9-1)11-8-16-37(36)34-24-26-41-40(28-34)44-38-15-4-2-10-31(38)23-25-39(44)45(47-41)35-13-7-12-33(27-35)29-19-21-32(22-20-29)46-48-42-17-5-6-18-43(42)49-46/h1-28,46,48H. The van der Waals surface area contributed by atoms with Crippen LogP contribution >= 0.6 is 11.8 Å². The second-order valence-corrected chi connectivity index (χ2v) is 13.9. The molecule has 2 heterocycles. The van der Waals surface area contributed by atoms with Crippen molar-refractivity contribution in [3.63, 3.8) is 0 Å². The molecule has 1 aromatic heterocycles. The number of rotatable bonds is 4. The lowest BCUT2D eigenvalue weighted by atomic mass is 9.92. The molecule has 0 spiro atoms. The van der Waals surface area contributed by atoms with E-state index in [9.17, 15) is 0 Å². The fourth-order valence-electron chi connectivity index (χ4n) is 7.47. The Kier molecular flexibility index (Phi) is 6.53. The van der Waals surface area contributed by atoms with Crippen LogP contribution in [-0.2, 0) is 0 Å². The van der Waals surface area contributed by atoms with Crippen molar-refractivity contribution in [2.75, 3.05) is 5.32 Å². The number of fused-ring (bicyclic) bond motifs is 7. The maximum Gasteiger partial charge on any atom is 0.103 e. The molecule has 3 heteroatoms. The summed E-state index contributed by atoms with van der Waals surface area (Å²) in [5.74, 6) is 0. The summed E-state index contributed by atoms with van der Waals surface area (Å²) in [4.78, 5) is 6.69. The third-order valence-corrected chi connectivity index (χ3v) is 11.1. The Morgan fingerprint density at radius 2 is 1.18 bits per heavy atom. The molecule has 0 amide bonds. The molecule has 2 nitrogen and oxygen atoms in total. The topological polar surface area (TPSA) is 24.9 Å². The van der Waals surface area contributed by atoms with Crippen LogP contribution < -0.4 is 5.32 Å². The van der Waals surface area contributed by atoms with Crippen LogP contribution in [0.15, 0.2) is 175 Å². The van der Waals surface area contributed by atoms with E-state index in [-0.39, 0.29) is 5.37 Å². The largest absolute Gasteiger partial charge is 0.368 e. The average Bonchev–Trinajstić information content (AvgIpc) is 3.62. The first-order valence-electron chi connectivity index (χ1n) is 16.7. The SMILES string of the molecule is c1cc(-c2ccc(C3Nc4ccccc4S3)cc2)cc(-c2nc3ccc(-c4cccc5ccccc45)cc3c3c2ccc2ccccc23)c1. The van der Waals surface area contributed by atoms with Gasteiger partial charge in [0.15, 0.2) is 0 Å². The Bertz CT molecular complexity index is 2700. The van der Waals surface area contributed by atoms with Gasteiger partial charge in [-0.25, -0.2) is 4.98 Å². The van der Waals surface area contributed by atoms with Gasteiger partial charge in [-0.1, -0.05) is 151 Å². The lowest BCUT2D eigenvalue weighted by molar-refractivity contribution is 1.13. The Balaban J connectivity index is 1.10. The van der Waals surface area contributed by atoms with E-state index in [1.54, 1.807) is 0 Å². The predicted octanol–water partition coefficient (Wildman–Crippen LogP) is 12.9. The van der Waals surface area contributed by atoms with E-state index < -0.39 is 0 Å². The zero-order valence-electron chi connectivity index (χ0n) is 26.6. The lowest BCUT2D eigenvalue weighted by Gasteiger charge is -2.15. The van der Waals surface area contributed by atoms with Gasteiger partial charge < -0.3 is 5.32 Å². The van der Waals surface area contributed by atoms with E-state index in [0.717, 1.165) is 22.2 Å². The fourth-order valence-corrected chi connectivity index (χ4v) is 8.62. The molecule has 9 aromatic rings. The molecule has 49 heavy (non-hydrogen) atoms. The number of hydrogen-bond acceptors (Lipinski definition) is 3. The number of thioether (sulfide) groups is 1. The number of hydrogen-bond donors (Lipinski definition) is 1. The smallest absolute Gasteiger partial charge is 0.103 e. The molecule has 8 aromatic carbocycles. The van der Waals surface area contributed by atoms with Gasteiger partial charge >= 0.3 is 0 Å². The minimum absolute atomic E-state index is 0.224. The van der Waals surface area contributed by atoms with Crippen LogP contribution in [0.1, 0.15) is 10.9 Å². The van der Waals surface area contributed by atoms with Crippen LogP contribution in [0.2, 0.25) is 0 Å². The van der Waals surface area contributed by atoms with E-state index in [2.05, 4.69) is 175 Å².